The van der Waals surface area contributed by atoms with Crippen molar-refractivity contribution in [1.29, 1.82) is 5.26 Å². The van der Waals surface area contributed by atoms with Gasteiger partial charge < -0.3 is 19.8 Å². The van der Waals surface area contributed by atoms with Gasteiger partial charge in [0.15, 0.2) is 14.1 Å². The summed E-state index contributed by atoms with van der Waals surface area (Å²) in [5.41, 5.74) is 1.18. The van der Waals surface area contributed by atoms with Crippen molar-refractivity contribution in [3.63, 3.8) is 0 Å². The highest BCUT2D eigenvalue weighted by atomic mass is 79.9. The molecule has 1 aromatic carbocycles. The normalized spacial score (nSPS) is 18.9. The first-order valence-corrected chi connectivity index (χ1v) is 15.1. The van der Waals surface area contributed by atoms with Gasteiger partial charge in [-0.1, -0.05) is 32.4 Å². The standard InChI is InChI=1S/C23H30BrClFN5O2Si/c1-23(2,3)34(4,5)33-12-15-8-16(9-18(26)20(15)24)29-22-28-11-17(25)21(31-22)30-19-13-32-7-6-14(19)10-27/h8-9,11,14,19H,6-7,12-13H2,1-5H3,(H2,28,29,30,31). The first-order chi connectivity index (χ1) is 15.9. The minimum Gasteiger partial charge on any atom is -0.413 e. The summed E-state index contributed by atoms with van der Waals surface area (Å²) < 4.78 is 26.8. The second-order valence-electron chi connectivity index (χ2n) is 9.85. The average Bonchev–Trinajstić information content (AvgIpc) is 2.77. The van der Waals surface area contributed by atoms with Crippen LogP contribution in [-0.4, -0.2) is 37.5 Å². The molecule has 0 aliphatic carbocycles. The summed E-state index contributed by atoms with van der Waals surface area (Å²) in [7, 11) is -2.01. The molecule has 11 heteroatoms. The zero-order valence-corrected chi connectivity index (χ0v) is 23.3. The topological polar surface area (TPSA) is 92.1 Å². The van der Waals surface area contributed by atoms with Crippen molar-refractivity contribution in [2.24, 2.45) is 5.92 Å². The minimum absolute atomic E-state index is 0.0440. The summed E-state index contributed by atoms with van der Waals surface area (Å²) in [6, 6.07) is 5.24. The third kappa shape index (κ3) is 6.46. The van der Waals surface area contributed by atoms with Gasteiger partial charge in [0.2, 0.25) is 5.95 Å². The Bertz CT molecular complexity index is 1080. The van der Waals surface area contributed by atoms with Crippen molar-refractivity contribution in [2.45, 2.75) is 58.0 Å². The molecule has 184 valence electrons. The predicted molar refractivity (Wildman–Crippen MR) is 138 cm³/mol. The van der Waals surface area contributed by atoms with E-state index < -0.39 is 14.1 Å². The highest BCUT2D eigenvalue weighted by Crippen LogP contribution is 2.38. The van der Waals surface area contributed by atoms with Crippen LogP contribution in [0.4, 0.5) is 21.8 Å². The Morgan fingerprint density at radius 2 is 2.12 bits per heavy atom. The number of halogens is 3. The summed E-state index contributed by atoms with van der Waals surface area (Å²) in [6.45, 7) is 12.0. The molecule has 34 heavy (non-hydrogen) atoms. The van der Waals surface area contributed by atoms with E-state index in [9.17, 15) is 9.65 Å². The number of ether oxygens (including phenoxy) is 1. The molecule has 0 radical (unpaired) electrons. The van der Waals surface area contributed by atoms with Gasteiger partial charge in [-0.15, -0.1) is 0 Å². The molecule has 2 N–H and O–H groups in total. The van der Waals surface area contributed by atoms with E-state index in [4.69, 9.17) is 20.8 Å². The van der Waals surface area contributed by atoms with E-state index >= 15 is 0 Å². The van der Waals surface area contributed by atoms with Crippen molar-refractivity contribution in [1.82, 2.24) is 9.97 Å². The zero-order valence-electron chi connectivity index (χ0n) is 20.0. The molecule has 1 saturated heterocycles. The maximum atomic E-state index is 14.7. The average molecular weight is 571 g/mol. The van der Waals surface area contributed by atoms with Gasteiger partial charge in [0.05, 0.1) is 41.9 Å². The fourth-order valence-electron chi connectivity index (χ4n) is 3.17. The Kier molecular flexibility index (Phi) is 8.58. The first-order valence-electron chi connectivity index (χ1n) is 11.1. The van der Waals surface area contributed by atoms with Crippen LogP contribution in [0.1, 0.15) is 32.8 Å². The minimum atomic E-state index is -2.01. The van der Waals surface area contributed by atoms with Gasteiger partial charge in [-0.05, 0) is 58.2 Å². The van der Waals surface area contributed by atoms with E-state index in [1.165, 1.54) is 12.3 Å². The Balaban J connectivity index is 1.79. The Labute approximate surface area is 214 Å². The molecule has 2 unspecified atom stereocenters. The lowest BCUT2D eigenvalue weighted by Gasteiger charge is -2.36. The number of benzene rings is 1. The van der Waals surface area contributed by atoms with Crippen molar-refractivity contribution in [3.05, 3.63) is 39.2 Å². The molecule has 0 amide bonds. The second-order valence-corrected chi connectivity index (χ2v) is 15.9. The van der Waals surface area contributed by atoms with Gasteiger partial charge in [0, 0.05) is 12.3 Å². The number of nitriles is 1. The molecule has 7 nitrogen and oxygen atoms in total. The molecule has 3 rings (SSSR count). The fraction of sp³-hybridized carbons (Fsp3) is 0.522. The van der Waals surface area contributed by atoms with Gasteiger partial charge in [0.25, 0.3) is 0 Å². The lowest BCUT2D eigenvalue weighted by molar-refractivity contribution is 0.0698. The highest BCUT2D eigenvalue weighted by molar-refractivity contribution is 9.10. The molecule has 2 heterocycles. The first kappa shape index (κ1) is 26.8. The van der Waals surface area contributed by atoms with Crippen molar-refractivity contribution < 1.29 is 13.6 Å². The van der Waals surface area contributed by atoms with E-state index in [0.717, 1.165) is 0 Å². The molecule has 0 bridgehead atoms. The van der Waals surface area contributed by atoms with Crippen LogP contribution < -0.4 is 10.6 Å². The molecule has 1 fully saturated rings. The number of hydrogen-bond donors (Lipinski definition) is 2. The van der Waals surface area contributed by atoms with Crippen molar-refractivity contribution >= 4 is 53.3 Å². The molecular weight excluding hydrogens is 541 g/mol. The number of aromatic nitrogens is 2. The van der Waals surface area contributed by atoms with Crippen LogP contribution in [0, 0.1) is 23.1 Å². The maximum absolute atomic E-state index is 14.7. The van der Waals surface area contributed by atoms with E-state index in [-0.39, 0.29) is 29.6 Å². The molecule has 2 atom stereocenters. The molecule has 1 aliphatic rings. The molecule has 1 aliphatic heterocycles. The van der Waals surface area contributed by atoms with Gasteiger partial charge in [-0.3, -0.25) is 0 Å². The zero-order chi connectivity index (χ0) is 25.1. The largest absolute Gasteiger partial charge is 0.413 e. The van der Waals surface area contributed by atoms with E-state index in [1.807, 2.05) is 6.07 Å². The SMILES string of the molecule is CC(C)(C)[Si](C)(C)OCc1cc(Nc2ncc(Cl)c(NC3COCCC3C#N)n2)cc(F)c1Br. The number of rotatable bonds is 7. The van der Waals surface area contributed by atoms with E-state index in [0.29, 0.717) is 46.2 Å². The number of nitrogens with one attached hydrogen (secondary N) is 2. The van der Waals surface area contributed by atoms with E-state index in [2.05, 4.69) is 76.5 Å². The Morgan fingerprint density at radius 3 is 2.79 bits per heavy atom. The summed E-state index contributed by atoms with van der Waals surface area (Å²) in [6.07, 6.45) is 2.10. The summed E-state index contributed by atoms with van der Waals surface area (Å²) in [5, 5.41) is 16.0. The van der Waals surface area contributed by atoms with E-state index in [1.54, 1.807) is 0 Å². The summed E-state index contributed by atoms with van der Waals surface area (Å²) >= 11 is 9.63. The smallest absolute Gasteiger partial charge is 0.229 e. The molecule has 2 aromatic rings. The molecule has 1 aromatic heterocycles. The monoisotopic (exact) mass is 569 g/mol. The third-order valence-corrected chi connectivity index (χ3v) is 12.0. The van der Waals surface area contributed by atoms with Gasteiger partial charge in [-0.25, -0.2) is 9.37 Å². The van der Waals surface area contributed by atoms with Crippen LogP contribution in [0.15, 0.2) is 22.8 Å². The lowest BCUT2D eigenvalue weighted by atomic mass is 9.96. The molecule has 0 spiro atoms. The molecule has 0 saturated carbocycles. The van der Waals surface area contributed by atoms with Gasteiger partial charge >= 0.3 is 0 Å². The van der Waals surface area contributed by atoms with Crippen LogP contribution in [-0.2, 0) is 15.8 Å². The Morgan fingerprint density at radius 1 is 1.38 bits per heavy atom. The summed E-state index contributed by atoms with van der Waals surface area (Å²) in [4.78, 5) is 8.66. The van der Waals surface area contributed by atoms with Gasteiger partial charge in [-0.2, -0.15) is 10.2 Å². The summed E-state index contributed by atoms with van der Waals surface area (Å²) in [5.74, 6) is 0.00619. The lowest BCUT2D eigenvalue weighted by Crippen LogP contribution is -2.40. The number of anilines is 3. The van der Waals surface area contributed by atoms with Crippen LogP contribution in [0.2, 0.25) is 23.2 Å². The van der Waals surface area contributed by atoms with Crippen LogP contribution in [0.25, 0.3) is 0 Å². The van der Waals surface area contributed by atoms with Gasteiger partial charge in [0.1, 0.15) is 10.8 Å². The maximum Gasteiger partial charge on any atom is 0.229 e. The number of hydrogen-bond acceptors (Lipinski definition) is 7. The third-order valence-electron chi connectivity index (χ3n) is 6.34. The second kappa shape index (κ2) is 10.9. The number of nitrogens with zero attached hydrogens (tertiary/aromatic N) is 3. The Hall–Kier alpha value is -1.77. The molecular formula is C23H30BrClFN5O2Si. The fourth-order valence-corrected chi connectivity index (χ4v) is 4.60. The van der Waals surface area contributed by atoms with Crippen LogP contribution >= 0.6 is 27.5 Å². The van der Waals surface area contributed by atoms with Crippen LogP contribution in [0.5, 0.6) is 0 Å². The van der Waals surface area contributed by atoms with Crippen molar-refractivity contribution in [2.75, 3.05) is 23.8 Å². The quantitative estimate of drug-likeness (QED) is 0.361. The van der Waals surface area contributed by atoms with Crippen LogP contribution in [0.3, 0.4) is 0 Å². The predicted octanol–water partition coefficient (Wildman–Crippen LogP) is 6.64. The van der Waals surface area contributed by atoms with Crippen molar-refractivity contribution in [3.8, 4) is 6.07 Å². The highest BCUT2D eigenvalue weighted by Gasteiger charge is 2.37.